The van der Waals surface area contributed by atoms with Gasteiger partial charge >= 0.3 is 17.6 Å². The first kappa shape index (κ1) is 31.9. The van der Waals surface area contributed by atoms with E-state index >= 15 is 0 Å². The summed E-state index contributed by atoms with van der Waals surface area (Å²) in [7, 11) is 0. The summed E-state index contributed by atoms with van der Waals surface area (Å²) in [4.78, 5) is 64.1. The third kappa shape index (κ3) is 5.72. The molecular formula is C32H43IN2O9. The van der Waals surface area contributed by atoms with Crippen molar-refractivity contribution in [3.8, 4) is 0 Å². The molecule has 6 rings (SSSR count). The Morgan fingerprint density at radius 2 is 1.75 bits per heavy atom. The highest BCUT2D eigenvalue weighted by atomic mass is 127. The van der Waals surface area contributed by atoms with Gasteiger partial charge in [0.2, 0.25) is 0 Å². The Kier molecular flexibility index (Phi) is 8.90. The number of carbonyl (C=O) groups excluding carboxylic acids is 3. The van der Waals surface area contributed by atoms with Gasteiger partial charge in [0.15, 0.2) is 0 Å². The van der Waals surface area contributed by atoms with E-state index in [0.29, 0.717) is 39.4 Å². The van der Waals surface area contributed by atoms with Crippen LogP contribution in [-0.4, -0.2) is 57.3 Å². The number of aromatic nitrogens is 2. The van der Waals surface area contributed by atoms with E-state index in [-0.39, 0.29) is 36.2 Å². The molecule has 4 aliphatic carbocycles. The number of hydrogen-bond acceptors (Lipinski definition) is 9. The molecule has 2 N–H and O–H groups in total. The SMILES string of the molecule is C[C@]12CCC3C(CC[C@H]4CC(=O)CC[C@]34C)[C@@H]1CC[C@@H]2OC(=O)CCC(=O)OC1CC(n2cc(I)c(=O)[nH]c2=O)OC1CO. The Labute approximate surface area is 269 Å². The second-order valence-electron chi connectivity index (χ2n) is 14.2. The Morgan fingerprint density at radius 3 is 2.50 bits per heavy atom. The number of Topliss-reactive ketones (excluding diaryl/α,β-unsaturated/α-hetero) is 1. The largest absolute Gasteiger partial charge is 0.462 e. The van der Waals surface area contributed by atoms with Crippen molar-refractivity contribution in [2.75, 3.05) is 6.61 Å². The fourth-order valence-electron chi connectivity index (χ4n) is 9.67. The molecular weight excluding hydrogens is 683 g/mol. The monoisotopic (exact) mass is 726 g/mol. The Balaban J connectivity index is 1.01. The smallest absolute Gasteiger partial charge is 0.330 e. The van der Waals surface area contributed by atoms with Gasteiger partial charge in [-0.3, -0.25) is 28.7 Å². The lowest BCUT2D eigenvalue weighted by Gasteiger charge is -2.60. The summed E-state index contributed by atoms with van der Waals surface area (Å²) in [6, 6.07) is 0. The number of ether oxygens (including phenoxy) is 3. The van der Waals surface area contributed by atoms with Gasteiger partial charge in [0.1, 0.15) is 30.3 Å². The number of aromatic amines is 1. The highest BCUT2D eigenvalue weighted by Gasteiger charge is 2.61. The predicted octanol–water partition coefficient (Wildman–Crippen LogP) is 3.64. The first-order chi connectivity index (χ1) is 20.9. The lowest BCUT2D eigenvalue weighted by molar-refractivity contribution is -0.167. The van der Waals surface area contributed by atoms with Crippen molar-refractivity contribution >= 4 is 40.3 Å². The maximum Gasteiger partial charge on any atom is 0.330 e. The average Bonchev–Trinajstić information content (AvgIpc) is 3.54. The topological polar surface area (TPSA) is 154 Å². The van der Waals surface area contributed by atoms with Gasteiger partial charge in [0, 0.05) is 30.9 Å². The Bertz CT molecular complexity index is 1420. The van der Waals surface area contributed by atoms with Gasteiger partial charge in [-0.1, -0.05) is 13.8 Å². The molecule has 242 valence electrons. The summed E-state index contributed by atoms with van der Waals surface area (Å²) in [5.41, 5.74) is -1.00. The third-order valence-electron chi connectivity index (χ3n) is 12.1. The summed E-state index contributed by atoms with van der Waals surface area (Å²) in [5.74, 6) is 1.66. The lowest BCUT2D eigenvalue weighted by atomic mass is 9.45. The zero-order valence-corrected chi connectivity index (χ0v) is 27.6. The Morgan fingerprint density at radius 1 is 1.02 bits per heavy atom. The van der Waals surface area contributed by atoms with Crippen LogP contribution in [0, 0.1) is 38.1 Å². The molecule has 2 heterocycles. The van der Waals surface area contributed by atoms with E-state index in [1.165, 1.54) is 10.8 Å². The standard InChI is InChI=1S/C32H43IN2O9/c1-31-11-9-18(37)13-17(31)3-4-19-20-5-6-25(32(20,2)12-10-21(19)31)44-28(39)8-7-27(38)43-23-14-26(42-24(23)16-36)35-15-22(33)29(40)34-30(35)41/h15,17,19-21,23-26,36H,3-14,16H2,1-2H3,(H,34,40,41)/t17-,19?,20-,21?,23?,24?,25-,26?,31-,32-/m0/s1. The molecule has 0 bridgehead atoms. The van der Waals surface area contributed by atoms with Crippen LogP contribution in [0.5, 0.6) is 0 Å². The van der Waals surface area contributed by atoms with Crippen LogP contribution in [0.25, 0.3) is 0 Å². The van der Waals surface area contributed by atoms with Crippen LogP contribution in [-0.2, 0) is 28.6 Å². The van der Waals surface area contributed by atoms with E-state index in [1.807, 2.05) is 0 Å². The van der Waals surface area contributed by atoms with E-state index in [2.05, 4.69) is 18.8 Å². The first-order valence-electron chi connectivity index (χ1n) is 16.1. The van der Waals surface area contributed by atoms with Gasteiger partial charge in [-0.25, -0.2) is 4.79 Å². The van der Waals surface area contributed by atoms with Crippen LogP contribution in [0.1, 0.15) is 97.1 Å². The van der Waals surface area contributed by atoms with Crippen LogP contribution in [0.3, 0.4) is 0 Å². The minimum absolute atomic E-state index is 0.0762. The second kappa shape index (κ2) is 12.3. The first-order valence-corrected chi connectivity index (χ1v) is 17.2. The van der Waals surface area contributed by atoms with Crippen molar-refractivity contribution in [1.29, 1.82) is 0 Å². The number of halogens is 1. The quantitative estimate of drug-likeness (QED) is 0.317. The normalized spacial score (nSPS) is 39.7. The molecule has 5 fully saturated rings. The van der Waals surface area contributed by atoms with E-state index in [9.17, 15) is 29.1 Å². The highest BCUT2D eigenvalue weighted by Crippen LogP contribution is 2.66. The van der Waals surface area contributed by atoms with Crippen molar-refractivity contribution in [3.05, 3.63) is 30.6 Å². The molecule has 1 aromatic heterocycles. The number of nitrogens with zero attached hydrogens (tertiary/aromatic N) is 1. The van der Waals surface area contributed by atoms with Crippen LogP contribution >= 0.6 is 22.6 Å². The van der Waals surface area contributed by atoms with Crippen molar-refractivity contribution < 1.29 is 33.7 Å². The molecule has 10 atom stereocenters. The molecule has 0 radical (unpaired) electrons. The average molecular weight is 727 g/mol. The molecule has 0 spiro atoms. The van der Waals surface area contributed by atoms with Crippen molar-refractivity contribution in [3.63, 3.8) is 0 Å². The maximum absolute atomic E-state index is 13.0. The molecule has 4 saturated carbocycles. The fourth-order valence-corrected chi connectivity index (χ4v) is 10.1. The molecule has 11 nitrogen and oxygen atoms in total. The molecule has 5 unspecified atom stereocenters. The summed E-state index contributed by atoms with van der Waals surface area (Å²) >= 11 is 1.81. The minimum atomic E-state index is -0.843. The summed E-state index contributed by atoms with van der Waals surface area (Å²) in [6.45, 7) is 4.29. The zero-order chi connectivity index (χ0) is 31.4. The van der Waals surface area contributed by atoms with Crippen molar-refractivity contribution in [1.82, 2.24) is 9.55 Å². The minimum Gasteiger partial charge on any atom is -0.462 e. The highest BCUT2D eigenvalue weighted by molar-refractivity contribution is 14.1. The number of esters is 2. The summed E-state index contributed by atoms with van der Waals surface area (Å²) in [5, 5.41) is 9.78. The van der Waals surface area contributed by atoms with E-state index in [1.54, 1.807) is 22.6 Å². The number of ketones is 1. The number of H-pyrrole nitrogens is 1. The summed E-state index contributed by atoms with van der Waals surface area (Å²) in [6.07, 6.45) is 7.31. The van der Waals surface area contributed by atoms with Gasteiger partial charge in [-0.2, -0.15) is 0 Å². The molecule has 12 heteroatoms. The predicted molar refractivity (Wildman–Crippen MR) is 165 cm³/mol. The lowest BCUT2D eigenvalue weighted by Crippen LogP contribution is -2.54. The number of aliphatic hydroxyl groups excluding tert-OH is 1. The maximum atomic E-state index is 13.0. The van der Waals surface area contributed by atoms with Crippen molar-refractivity contribution in [2.24, 2.45) is 34.5 Å². The molecule has 1 aromatic rings. The number of carbonyl (C=O) groups is 3. The van der Waals surface area contributed by atoms with Gasteiger partial charge in [0.25, 0.3) is 5.56 Å². The molecule has 44 heavy (non-hydrogen) atoms. The molecule has 5 aliphatic rings. The Hall–Kier alpha value is -2.06. The van der Waals surface area contributed by atoms with Crippen LogP contribution < -0.4 is 11.2 Å². The number of aliphatic hydroxyl groups is 1. The van der Waals surface area contributed by atoms with Gasteiger partial charge in [0.05, 0.1) is 23.0 Å². The second-order valence-corrected chi connectivity index (χ2v) is 15.4. The van der Waals surface area contributed by atoms with Crippen LogP contribution in [0.15, 0.2) is 15.8 Å². The van der Waals surface area contributed by atoms with E-state index in [4.69, 9.17) is 14.2 Å². The molecule has 0 aromatic carbocycles. The third-order valence-corrected chi connectivity index (χ3v) is 12.8. The van der Waals surface area contributed by atoms with E-state index < -0.39 is 48.2 Å². The summed E-state index contributed by atoms with van der Waals surface area (Å²) < 4.78 is 18.9. The van der Waals surface area contributed by atoms with E-state index in [0.717, 1.165) is 51.4 Å². The number of hydrogen-bond donors (Lipinski definition) is 2. The zero-order valence-electron chi connectivity index (χ0n) is 25.4. The number of fused-ring (bicyclic) bond motifs is 5. The number of nitrogens with one attached hydrogen (secondary N) is 1. The van der Waals surface area contributed by atoms with Gasteiger partial charge < -0.3 is 19.3 Å². The van der Waals surface area contributed by atoms with Gasteiger partial charge in [-0.15, -0.1) is 0 Å². The van der Waals surface area contributed by atoms with Crippen LogP contribution in [0.2, 0.25) is 0 Å². The molecule has 1 aliphatic heterocycles. The number of rotatable bonds is 7. The fraction of sp³-hybridized carbons (Fsp3) is 0.781. The molecule has 0 amide bonds. The van der Waals surface area contributed by atoms with Crippen molar-refractivity contribution in [2.45, 2.75) is 115 Å². The molecule has 1 saturated heterocycles. The van der Waals surface area contributed by atoms with Crippen LogP contribution in [0.4, 0.5) is 0 Å². The van der Waals surface area contributed by atoms with Gasteiger partial charge in [-0.05, 0) is 96.6 Å².